The molecule has 2 fully saturated rings. The number of ether oxygens (including phenoxy) is 1. The molecule has 1 aliphatic carbocycles. The molecule has 1 aliphatic heterocycles. The number of hydrogen-bond acceptors (Lipinski definition) is 3. The van der Waals surface area contributed by atoms with E-state index in [-0.39, 0.29) is 5.92 Å². The van der Waals surface area contributed by atoms with Gasteiger partial charge in [-0.1, -0.05) is 37.1 Å². The van der Waals surface area contributed by atoms with Crippen LogP contribution in [0.4, 0.5) is 0 Å². The molecule has 0 radical (unpaired) electrons. The predicted molar refractivity (Wildman–Crippen MR) is 80.5 cm³/mol. The van der Waals surface area contributed by atoms with Crippen molar-refractivity contribution < 1.29 is 19.4 Å². The Hall–Kier alpha value is -1.88. The second-order valence-electron chi connectivity index (χ2n) is 6.32. The number of aliphatic carboxylic acids is 1. The summed E-state index contributed by atoms with van der Waals surface area (Å²) in [6.07, 6.45) is 4.91. The molecular formula is C17H21NO4. The van der Waals surface area contributed by atoms with Crippen LogP contribution in [-0.4, -0.2) is 30.7 Å². The van der Waals surface area contributed by atoms with E-state index in [2.05, 4.69) is 5.32 Å². The molecule has 2 aliphatic rings. The van der Waals surface area contributed by atoms with Gasteiger partial charge in [-0.2, -0.15) is 0 Å². The van der Waals surface area contributed by atoms with Crippen LogP contribution in [0.5, 0.6) is 0 Å². The number of benzene rings is 1. The molecule has 0 bridgehead atoms. The zero-order valence-corrected chi connectivity index (χ0v) is 12.5. The Labute approximate surface area is 129 Å². The average molecular weight is 303 g/mol. The van der Waals surface area contributed by atoms with Crippen LogP contribution < -0.4 is 5.32 Å². The lowest BCUT2D eigenvalue weighted by Crippen LogP contribution is -2.57. The maximum Gasteiger partial charge on any atom is 0.311 e. The van der Waals surface area contributed by atoms with E-state index >= 15 is 0 Å². The monoisotopic (exact) mass is 303 g/mol. The quantitative estimate of drug-likeness (QED) is 0.788. The van der Waals surface area contributed by atoms with Gasteiger partial charge in [-0.3, -0.25) is 9.59 Å². The van der Waals surface area contributed by atoms with Gasteiger partial charge in [0.25, 0.3) is 0 Å². The van der Waals surface area contributed by atoms with Crippen molar-refractivity contribution in [3.05, 3.63) is 35.4 Å². The van der Waals surface area contributed by atoms with Crippen molar-refractivity contribution in [2.75, 3.05) is 13.2 Å². The third kappa shape index (κ3) is 2.61. The summed E-state index contributed by atoms with van der Waals surface area (Å²) in [7, 11) is 0. The Balaban J connectivity index is 1.83. The minimum absolute atomic E-state index is 0.234. The minimum atomic E-state index is -0.743. The first-order chi connectivity index (χ1) is 10.7. The van der Waals surface area contributed by atoms with Crippen molar-refractivity contribution in [2.45, 2.75) is 37.1 Å². The summed E-state index contributed by atoms with van der Waals surface area (Å²) in [6.45, 7) is 0.909. The Bertz CT molecular complexity index is 544. The number of carbonyl (C=O) groups is 2. The summed E-state index contributed by atoms with van der Waals surface area (Å²) in [5, 5.41) is 12.4. The van der Waals surface area contributed by atoms with Gasteiger partial charge in [-0.25, -0.2) is 0 Å². The molecule has 1 unspecified atom stereocenters. The normalized spacial score (nSPS) is 21.8. The second-order valence-corrected chi connectivity index (χ2v) is 6.32. The van der Waals surface area contributed by atoms with Crippen molar-refractivity contribution >= 4 is 12.4 Å². The third-order valence-corrected chi connectivity index (χ3v) is 4.99. The van der Waals surface area contributed by atoms with Crippen LogP contribution >= 0.6 is 0 Å². The second kappa shape index (κ2) is 6.08. The van der Waals surface area contributed by atoms with Gasteiger partial charge < -0.3 is 15.2 Å². The van der Waals surface area contributed by atoms with E-state index in [1.807, 2.05) is 24.3 Å². The molecule has 1 aromatic rings. The number of hydrogen-bond donors (Lipinski definition) is 2. The van der Waals surface area contributed by atoms with E-state index in [0.29, 0.717) is 19.6 Å². The van der Waals surface area contributed by atoms with Gasteiger partial charge in [0.1, 0.15) is 5.54 Å². The number of carboxylic acids is 1. The van der Waals surface area contributed by atoms with Crippen molar-refractivity contribution in [1.82, 2.24) is 5.32 Å². The minimum Gasteiger partial charge on any atom is -0.481 e. The highest BCUT2D eigenvalue weighted by Gasteiger charge is 2.40. The van der Waals surface area contributed by atoms with E-state index < -0.39 is 17.4 Å². The fourth-order valence-electron chi connectivity index (χ4n) is 3.67. The van der Waals surface area contributed by atoms with Gasteiger partial charge in [-0.15, -0.1) is 0 Å². The topological polar surface area (TPSA) is 75.6 Å². The highest BCUT2D eigenvalue weighted by atomic mass is 16.5. The van der Waals surface area contributed by atoms with Crippen LogP contribution in [0.3, 0.4) is 0 Å². The zero-order chi connectivity index (χ0) is 15.6. The van der Waals surface area contributed by atoms with E-state index in [1.165, 1.54) is 0 Å². The van der Waals surface area contributed by atoms with Crippen LogP contribution in [0, 0.1) is 5.92 Å². The summed E-state index contributed by atoms with van der Waals surface area (Å²) in [6, 6.07) is 7.61. The lowest BCUT2D eigenvalue weighted by molar-refractivity contribution is -0.140. The van der Waals surface area contributed by atoms with Crippen LogP contribution in [-0.2, 0) is 19.9 Å². The van der Waals surface area contributed by atoms with Gasteiger partial charge in [0.2, 0.25) is 6.41 Å². The molecule has 5 nitrogen and oxygen atoms in total. The maximum atomic E-state index is 11.7. The highest BCUT2D eigenvalue weighted by Crippen LogP contribution is 2.38. The van der Waals surface area contributed by atoms with E-state index in [9.17, 15) is 14.7 Å². The summed E-state index contributed by atoms with van der Waals surface area (Å²) in [5.74, 6) is -0.936. The third-order valence-electron chi connectivity index (χ3n) is 4.99. The lowest BCUT2D eigenvalue weighted by atomic mass is 9.82. The maximum absolute atomic E-state index is 11.7. The van der Waals surface area contributed by atoms with Crippen molar-refractivity contribution in [1.29, 1.82) is 0 Å². The van der Waals surface area contributed by atoms with Crippen LogP contribution in [0.15, 0.2) is 24.3 Å². The molecule has 1 heterocycles. The summed E-state index contributed by atoms with van der Waals surface area (Å²) in [4.78, 5) is 22.4. The molecule has 1 atom stereocenters. The molecule has 1 aromatic carbocycles. The molecule has 0 aromatic heterocycles. The van der Waals surface area contributed by atoms with Crippen molar-refractivity contribution in [3.63, 3.8) is 0 Å². The predicted octanol–water partition coefficient (Wildman–Crippen LogP) is 2.02. The largest absolute Gasteiger partial charge is 0.481 e. The Morgan fingerprint density at radius 3 is 2.36 bits per heavy atom. The number of carbonyl (C=O) groups excluding carboxylic acids is 1. The molecule has 1 saturated heterocycles. The fraction of sp³-hybridized carbons (Fsp3) is 0.529. The van der Waals surface area contributed by atoms with Gasteiger partial charge in [0.15, 0.2) is 0 Å². The molecule has 22 heavy (non-hydrogen) atoms. The lowest BCUT2D eigenvalue weighted by Gasteiger charge is -2.41. The Morgan fingerprint density at radius 2 is 1.91 bits per heavy atom. The average Bonchev–Trinajstić information content (AvgIpc) is 2.97. The number of amides is 1. The van der Waals surface area contributed by atoms with E-state index in [1.54, 1.807) is 0 Å². The zero-order valence-electron chi connectivity index (χ0n) is 12.5. The van der Waals surface area contributed by atoms with E-state index in [0.717, 1.165) is 36.8 Å². The van der Waals surface area contributed by atoms with Crippen LogP contribution in [0.1, 0.15) is 42.7 Å². The summed E-state index contributed by atoms with van der Waals surface area (Å²) < 4.78 is 5.23. The van der Waals surface area contributed by atoms with Gasteiger partial charge in [0, 0.05) is 0 Å². The molecule has 1 saturated carbocycles. The van der Waals surface area contributed by atoms with Gasteiger partial charge >= 0.3 is 5.97 Å². The van der Waals surface area contributed by atoms with Crippen molar-refractivity contribution in [3.8, 4) is 0 Å². The van der Waals surface area contributed by atoms with Crippen LogP contribution in [0.25, 0.3) is 0 Å². The molecule has 118 valence electrons. The van der Waals surface area contributed by atoms with Gasteiger partial charge in [-0.05, 0) is 29.9 Å². The smallest absolute Gasteiger partial charge is 0.311 e. The van der Waals surface area contributed by atoms with E-state index in [4.69, 9.17) is 4.74 Å². The molecule has 5 heteroatoms. The first kappa shape index (κ1) is 15.0. The summed E-state index contributed by atoms with van der Waals surface area (Å²) in [5.41, 5.74) is 1.36. The SMILES string of the molecule is O=CNC1(c2ccc(C(C(=O)O)C3CCCC3)cc2)COC1. The highest BCUT2D eigenvalue weighted by molar-refractivity contribution is 5.76. The standard InChI is InChI=1S/C17H21NO4/c19-11-18-17(9-22-10-17)14-7-5-13(6-8-14)15(16(20)21)12-3-1-2-4-12/h5-8,11-12,15H,1-4,9-10H2,(H,18,19)(H,20,21). The molecule has 2 N–H and O–H groups in total. The first-order valence-electron chi connectivity index (χ1n) is 7.79. The number of nitrogens with one attached hydrogen (secondary N) is 1. The number of rotatable bonds is 6. The molecular weight excluding hydrogens is 282 g/mol. The Morgan fingerprint density at radius 1 is 1.27 bits per heavy atom. The fourth-order valence-corrected chi connectivity index (χ4v) is 3.67. The first-order valence-corrected chi connectivity index (χ1v) is 7.79. The van der Waals surface area contributed by atoms with Crippen molar-refractivity contribution in [2.24, 2.45) is 5.92 Å². The van der Waals surface area contributed by atoms with Gasteiger partial charge in [0.05, 0.1) is 19.1 Å². The molecule has 1 amide bonds. The molecule has 3 rings (SSSR count). The molecule has 0 spiro atoms. The van der Waals surface area contributed by atoms with Crippen LogP contribution in [0.2, 0.25) is 0 Å². The Kier molecular flexibility index (Phi) is 4.16. The number of carboxylic acid groups (broad SMARTS) is 1. The summed E-state index contributed by atoms with van der Waals surface area (Å²) >= 11 is 0.